The maximum atomic E-state index is 6.58. The quantitative estimate of drug-likeness (QED) is 0.927. The van der Waals surface area contributed by atoms with E-state index in [1.807, 2.05) is 12.1 Å². The molecule has 118 valence electrons. The molecule has 0 bridgehead atoms. The third-order valence-electron chi connectivity index (χ3n) is 4.86. The Labute approximate surface area is 127 Å². The van der Waals surface area contributed by atoms with Crippen LogP contribution in [0.15, 0.2) is 12.1 Å². The summed E-state index contributed by atoms with van der Waals surface area (Å²) in [5.41, 5.74) is 8.81. The highest BCUT2D eigenvalue weighted by Crippen LogP contribution is 2.42. The predicted molar refractivity (Wildman–Crippen MR) is 83.9 cm³/mol. The fraction of sp³-hybridized carbons (Fsp3) is 0.647. The molecule has 1 fully saturated rings. The molecule has 4 heteroatoms. The van der Waals surface area contributed by atoms with Crippen LogP contribution >= 0.6 is 0 Å². The lowest BCUT2D eigenvalue weighted by molar-refractivity contribution is 0.0489. The standard InChI is InChI=1S/C17H27NO3/c1-9-7-14(19-5)15(20-6)8-13(9)17(18)16-10(2)11(3)21-12(16)4/h7-8,10-12,16-17H,18H2,1-6H3. The molecule has 0 saturated carbocycles. The summed E-state index contributed by atoms with van der Waals surface area (Å²) >= 11 is 0. The van der Waals surface area contributed by atoms with E-state index in [2.05, 4.69) is 27.7 Å². The predicted octanol–water partition coefficient (Wildman–Crippen LogP) is 3.07. The third-order valence-corrected chi connectivity index (χ3v) is 4.86. The molecule has 5 atom stereocenters. The van der Waals surface area contributed by atoms with Crippen molar-refractivity contribution in [1.82, 2.24) is 0 Å². The van der Waals surface area contributed by atoms with Gasteiger partial charge in [-0.25, -0.2) is 0 Å². The molecule has 2 rings (SSSR count). The van der Waals surface area contributed by atoms with Crippen LogP contribution in [0.4, 0.5) is 0 Å². The molecule has 1 heterocycles. The highest BCUT2D eigenvalue weighted by molar-refractivity contribution is 5.48. The second kappa shape index (κ2) is 6.24. The number of ether oxygens (including phenoxy) is 3. The molecule has 5 unspecified atom stereocenters. The van der Waals surface area contributed by atoms with Crippen LogP contribution in [0.2, 0.25) is 0 Å². The first-order chi connectivity index (χ1) is 9.90. The number of methoxy groups -OCH3 is 2. The SMILES string of the molecule is COc1cc(C)c(C(N)C2C(C)OC(C)C2C)cc1OC. The second-order valence-corrected chi connectivity index (χ2v) is 6.07. The summed E-state index contributed by atoms with van der Waals surface area (Å²) in [6.07, 6.45) is 0.411. The van der Waals surface area contributed by atoms with Gasteiger partial charge in [-0.05, 0) is 49.9 Å². The summed E-state index contributed by atoms with van der Waals surface area (Å²) in [6.45, 7) is 8.51. The minimum absolute atomic E-state index is 0.0697. The first-order valence-corrected chi connectivity index (χ1v) is 7.54. The van der Waals surface area contributed by atoms with E-state index < -0.39 is 0 Å². The molecule has 1 aromatic carbocycles. The average Bonchev–Trinajstić information content (AvgIpc) is 2.71. The molecule has 0 radical (unpaired) electrons. The van der Waals surface area contributed by atoms with Crippen LogP contribution in [0.25, 0.3) is 0 Å². The Bertz CT molecular complexity index is 503. The average molecular weight is 293 g/mol. The number of nitrogens with two attached hydrogens (primary N) is 1. The van der Waals surface area contributed by atoms with Gasteiger partial charge < -0.3 is 19.9 Å². The fourth-order valence-electron chi connectivity index (χ4n) is 3.48. The van der Waals surface area contributed by atoms with Gasteiger partial charge in [0.1, 0.15) is 0 Å². The summed E-state index contributed by atoms with van der Waals surface area (Å²) < 4.78 is 16.7. The fourth-order valence-corrected chi connectivity index (χ4v) is 3.48. The van der Waals surface area contributed by atoms with Gasteiger partial charge in [-0.1, -0.05) is 6.92 Å². The molecule has 2 N–H and O–H groups in total. The lowest BCUT2D eigenvalue weighted by atomic mass is 9.80. The zero-order chi connectivity index (χ0) is 15.7. The molecule has 1 saturated heterocycles. The molecule has 0 aromatic heterocycles. The topological polar surface area (TPSA) is 53.7 Å². The van der Waals surface area contributed by atoms with E-state index in [0.717, 1.165) is 22.6 Å². The van der Waals surface area contributed by atoms with Gasteiger partial charge in [-0.15, -0.1) is 0 Å². The van der Waals surface area contributed by atoms with Gasteiger partial charge in [0.05, 0.1) is 26.4 Å². The zero-order valence-electron chi connectivity index (χ0n) is 13.8. The number of aryl methyl sites for hydroxylation is 1. The lowest BCUT2D eigenvalue weighted by Gasteiger charge is -2.28. The maximum absolute atomic E-state index is 6.58. The summed E-state index contributed by atoms with van der Waals surface area (Å²) in [5, 5.41) is 0. The van der Waals surface area contributed by atoms with Crippen LogP contribution in [0, 0.1) is 18.8 Å². The van der Waals surface area contributed by atoms with Gasteiger partial charge in [-0.3, -0.25) is 0 Å². The van der Waals surface area contributed by atoms with E-state index in [9.17, 15) is 0 Å². The van der Waals surface area contributed by atoms with E-state index in [1.165, 1.54) is 0 Å². The molecule has 4 nitrogen and oxygen atoms in total. The van der Waals surface area contributed by atoms with Crippen molar-refractivity contribution in [3.8, 4) is 11.5 Å². The minimum Gasteiger partial charge on any atom is -0.493 e. The van der Waals surface area contributed by atoms with Crippen molar-refractivity contribution in [3.05, 3.63) is 23.3 Å². The van der Waals surface area contributed by atoms with Crippen molar-refractivity contribution in [1.29, 1.82) is 0 Å². The van der Waals surface area contributed by atoms with Gasteiger partial charge >= 0.3 is 0 Å². The van der Waals surface area contributed by atoms with Crippen LogP contribution in [-0.4, -0.2) is 26.4 Å². The minimum atomic E-state index is -0.0697. The van der Waals surface area contributed by atoms with Gasteiger partial charge in [0.25, 0.3) is 0 Å². The van der Waals surface area contributed by atoms with Crippen molar-refractivity contribution in [3.63, 3.8) is 0 Å². The normalized spacial score (nSPS) is 30.2. The Kier molecular flexibility index (Phi) is 4.79. The summed E-state index contributed by atoms with van der Waals surface area (Å²) in [7, 11) is 3.29. The van der Waals surface area contributed by atoms with Crippen LogP contribution in [0.1, 0.15) is 37.9 Å². The number of hydrogen-bond acceptors (Lipinski definition) is 4. The smallest absolute Gasteiger partial charge is 0.161 e. The zero-order valence-corrected chi connectivity index (χ0v) is 13.8. The monoisotopic (exact) mass is 293 g/mol. The number of hydrogen-bond donors (Lipinski definition) is 1. The van der Waals surface area contributed by atoms with Crippen LogP contribution in [0.3, 0.4) is 0 Å². The molecule has 1 aliphatic rings. The van der Waals surface area contributed by atoms with Crippen molar-refractivity contribution in [2.75, 3.05) is 14.2 Å². The molecule has 0 amide bonds. The van der Waals surface area contributed by atoms with E-state index in [1.54, 1.807) is 14.2 Å². The summed E-state index contributed by atoms with van der Waals surface area (Å²) in [6, 6.07) is 3.92. The first kappa shape index (κ1) is 16.1. The van der Waals surface area contributed by atoms with Crippen LogP contribution in [0.5, 0.6) is 11.5 Å². The Morgan fingerprint density at radius 3 is 2.10 bits per heavy atom. The number of benzene rings is 1. The Hall–Kier alpha value is -1.26. The Morgan fingerprint density at radius 1 is 1.05 bits per heavy atom. The van der Waals surface area contributed by atoms with Crippen molar-refractivity contribution < 1.29 is 14.2 Å². The Morgan fingerprint density at radius 2 is 1.62 bits per heavy atom. The molecule has 1 aromatic rings. The van der Waals surface area contributed by atoms with Gasteiger partial charge in [0, 0.05) is 12.0 Å². The van der Waals surface area contributed by atoms with Crippen LogP contribution < -0.4 is 15.2 Å². The van der Waals surface area contributed by atoms with Crippen molar-refractivity contribution >= 4 is 0 Å². The summed E-state index contributed by atoms with van der Waals surface area (Å²) in [4.78, 5) is 0. The van der Waals surface area contributed by atoms with Gasteiger partial charge in [0.15, 0.2) is 11.5 Å². The van der Waals surface area contributed by atoms with Crippen molar-refractivity contribution in [2.24, 2.45) is 17.6 Å². The van der Waals surface area contributed by atoms with Gasteiger partial charge in [-0.2, -0.15) is 0 Å². The van der Waals surface area contributed by atoms with E-state index >= 15 is 0 Å². The van der Waals surface area contributed by atoms with Crippen molar-refractivity contribution in [2.45, 2.75) is 45.9 Å². The maximum Gasteiger partial charge on any atom is 0.161 e. The molecular formula is C17H27NO3. The molecule has 1 aliphatic heterocycles. The lowest BCUT2D eigenvalue weighted by Crippen LogP contribution is -2.31. The Balaban J connectivity index is 2.37. The van der Waals surface area contributed by atoms with Gasteiger partial charge in [0.2, 0.25) is 0 Å². The highest BCUT2D eigenvalue weighted by atomic mass is 16.5. The van der Waals surface area contributed by atoms with Crippen LogP contribution in [-0.2, 0) is 4.74 Å². The van der Waals surface area contributed by atoms with E-state index in [4.69, 9.17) is 19.9 Å². The molecule has 0 spiro atoms. The second-order valence-electron chi connectivity index (χ2n) is 6.07. The largest absolute Gasteiger partial charge is 0.493 e. The highest BCUT2D eigenvalue weighted by Gasteiger charge is 2.41. The number of rotatable bonds is 4. The summed E-state index contributed by atoms with van der Waals surface area (Å²) in [5.74, 6) is 2.20. The molecule has 21 heavy (non-hydrogen) atoms. The first-order valence-electron chi connectivity index (χ1n) is 7.54. The molecular weight excluding hydrogens is 266 g/mol. The third kappa shape index (κ3) is 2.87. The molecule has 0 aliphatic carbocycles. The van der Waals surface area contributed by atoms with E-state index in [-0.39, 0.29) is 18.2 Å². The van der Waals surface area contributed by atoms with E-state index in [0.29, 0.717) is 11.8 Å².